The third-order valence-corrected chi connectivity index (χ3v) is 2.69. The van der Waals surface area contributed by atoms with Crippen molar-refractivity contribution in [2.45, 2.75) is 13.3 Å². The standard InChI is InChI=1S/C10H9NOS/c1-7(12)5-8-3-2-4-10-9(8)6-11-13-10/h2-4,6H,5H2,1H3. The summed E-state index contributed by atoms with van der Waals surface area (Å²) >= 11 is 1.47. The van der Waals surface area contributed by atoms with Gasteiger partial charge >= 0.3 is 0 Å². The van der Waals surface area contributed by atoms with Crippen molar-refractivity contribution in [3.05, 3.63) is 30.0 Å². The molecule has 2 nitrogen and oxygen atoms in total. The molecule has 0 saturated heterocycles. The van der Waals surface area contributed by atoms with Gasteiger partial charge in [0.2, 0.25) is 0 Å². The second kappa shape index (κ2) is 3.26. The van der Waals surface area contributed by atoms with Gasteiger partial charge in [0.15, 0.2) is 0 Å². The van der Waals surface area contributed by atoms with E-state index in [1.54, 1.807) is 6.92 Å². The van der Waals surface area contributed by atoms with E-state index >= 15 is 0 Å². The van der Waals surface area contributed by atoms with Crippen molar-refractivity contribution < 1.29 is 4.79 Å². The number of ketones is 1. The van der Waals surface area contributed by atoms with E-state index in [0.29, 0.717) is 6.42 Å². The van der Waals surface area contributed by atoms with Crippen LogP contribution in [-0.2, 0) is 11.2 Å². The molecule has 0 aliphatic carbocycles. The van der Waals surface area contributed by atoms with Crippen molar-refractivity contribution in [2.24, 2.45) is 0 Å². The molecule has 1 heterocycles. The first-order chi connectivity index (χ1) is 6.27. The first kappa shape index (κ1) is 8.38. The summed E-state index contributed by atoms with van der Waals surface area (Å²) in [4.78, 5) is 11.0. The van der Waals surface area contributed by atoms with E-state index in [2.05, 4.69) is 4.37 Å². The molecule has 0 spiro atoms. The van der Waals surface area contributed by atoms with Crippen molar-refractivity contribution in [1.82, 2.24) is 4.37 Å². The summed E-state index contributed by atoms with van der Waals surface area (Å²) in [6.45, 7) is 1.61. The van der Waals surface area contributed by atoms with Crippen LogP contribution in [0.5, 0.6) is 0 Å². The Balaban J connectivity index is 2.54. The van der Waals surface area contributed by atoms with Gasteiger partial charge in [-0.1, -0.05) is 12.1 Å². The molecule has 1 aromatic heterocycles. The molecule has 2 aromatic rings. The van der Waals surface area contributed by atoms with Crippen LogP contribution in [0.2, 0.25) is 0 Å². The number of nitrogens with zero attached hydrogens (tertiary/aromatic N) is 1. The van der Waals surface area contributed by atoms with Gasteiger partial charge in [0.1, 0.15) is 5.78 Å². The molecule has 0 saturated carbocycles. The summed E-state index contributed by atoms with van der Waals surface area (Å²) in [6.07, 6.45) is 2.34. The Kier molecular flexibility index (Phi) is 2.10. The maximum absolute atomic E-state index is 11.0. The van der Waals surface area contributed by atoms with Crippen LogP contribution in [0.15, 0.2) is 24.4 Å². The number of rotatable bonds is 2. The SMILES string of the molecule is CC(=O)Cc1cccc2sncc12. The lowest BCUT2D eigenvalue weighted by atomic mass is 10.1. The Morgan fingerprint density at radius 3 is 3.15 bits per heavy atom. The van der Waals surface area contributed by atoms with Gasteiger partial charge in [-0.2, -0.15) is 4.37 Å². The number of hydrogen-bond donors (Lipinski definition) is 0. The lowest BCUT2D eigenvalue weighted by Crippen LogP contribution is -1.95. The van der Waals surface area contributed by atoms with Gasteiger partial charge in [0, 0.05) is 18.0 Å². The van der Waals surface area contributed by atoms with Crippen LogP contribution in [0.1, 0.15) is 12.5 Å². The van der Waals surface area contributed by atoms with E-state index in [4.69, 9.17) is 0 Å². The van der Waals surface area contributed by atoms with Crippen molar-refractivity contribution in [1.29, 1.82) is 0 Å². The summed E-state index contributed by atoms with van der Waals surface area (Å²) in [5.74, 6) is 0.193. The molecule has 13 heavy (non-hydrogen) atoms. The minimum atomic E-state index is 0.193. The second-order valence-corrected chi connectivity index (χ2v) is 3.87. The highest BCUT2D eigenvalue weighted by Crippen LogP contribution is 2.22. The van der Waals surface area contributed by atoms with E-state index in [-0.39, 0.29) is 5.78 Å². The second-order valence-electron chi connectivity index (χ2n) is 3.03. The first-order valence-electron chi connectivity index (χ1n) is 4.09. The van der Waals surface area contributed by atoms with Crippen molar-refractivity contribution in [3.8, 4) is 0 Å². The normalized spacial score (nSPS) is 10.5. The maximum atomic E-state index is 11.0. The monoisotopic (exact) mass is 191 g/mol. The van der Waals surface area contributed by atoms with Crippen molar-refractivity contribution in [2.75, 3.05) is 0 Å². The number of carbonyl (C=O) groups is 1. The zero-order valence-electron chi connectivity index (χ0n) is 7.28. The summed E-state index contributed by atoms with van der Waals surface area (Å²) < 4.78 is 5.25. The average molecular weight is 191 g/mol. The highest BCUT2D eigenvalue weighted by molar-refractivity contribution is 7.13. The summed E-state index contributed by atoms with van der Waals surface area (Å²) in [6, 6.07) is 5.98. The number of fused-ring (bicyclic) bond motifs is 1. The Hall–Kier alpha value is -1.22. The maximum Gasteiger partial charge on any atom is 0.134 e. The highest BCUT2D eigenvalue weighted by atomic mass is 32.1. The van der Waals surface area contributed by atoms with Gasteiger partial charge < -0.3 is 0 Å². The minimum Gasteiger partial charge on any atom is -0.300 e. The van der Waals surface area contributed by atoms with Crippen LogP contribution in [0, 0.1) is 0 Å². The van der Waals surface area contributed by atoms with Crippen LogP contribution >= 0.6 is 11.5 Å². The quantitative estimate of drug-likeness (QED) is 0.729. The lowest BCUT2D eigenvalue weighted by molar-refractivity contribution is -0.116. The number of aromatic nitrogens is 1. The number of Topliss-reactive ketones (excluding diaryl/α,β-unsaturated/α-hetero) is 1. The molecular formula is C10H9NOS. The van der Waals surface area contributed by atoms with E-state index in [1.165, 1.54) is 11.5 Å². The Morgan fingerprint density at radius 1 is 1.54 bits per heavy atom. The lowest BCUT2D eigenvalue weighted by Gasteiger charge is -1.98. The third kappa shape index (κ3) is 1.60. The Bertz CT molecular complexity index is 447. The average Bonchev–Trinajstić information content (AvgIpc) is 2.51. The number of carbonyl (C=O) groups excluding carboxylic acids is 1. The fourth-order valence-electron chi connectivity index (χ4n) is 1.37. The molecule has 3 heteroatoms. The molecule has 0 amide bonds. The number of benzene rings is 1. The molecule has 1 aromatic carbocycles. The third-order valence-electron chi connectivity index (χ3n) is 1.93. The highest BCUT2D eigenvalue weighted by Gasteiger charge is 2.04. The molecule has 0 aliphatic rings. The molecule has 0 bridgehead atoms. The smallest absolute Gasteiger partial charge is 0.134 e. The van der Waals surface area contributed by atoms with Gasteiger partial charge in [-0.05, 0) is 30.1 Å². The largest absolute Gasteiger partial charge is 0.300 e. The Morgan fingerprint density at radius 2 is 2.38 bits per heavy atom. The van der Waals surface area contributed by atoms with Crippen LogP contribution in [0.25, 0.3) is 10.1 Å². The van der Waals surface area contributed by atoms with Gasteiger partial charge in [0.25, 0.3) is 0 Å². The summed E-state index contributed by atoms with van der Waals surface area (Å²) in [7, 11) is 0. The molecule has 0 atom stereocenters. The molecule has 0 unspecified atom stereocenters. The van der Waals surface area contributed by atoms with Gasteiger partial charge in [-0.15, -0.1) is 0 Å². The van der Waals surface area contributed by atoms with Crippen LogP contribution in [0.3, 0.4) is 0 Å². The van der Waals surface area contributed by atoms with Gasteiger partial charge in [-0.25, -0.2) is 0 Å². The van der Waals surface area contributed by atoms with E-state index in [1.807, 2.05) is 24.4 Å². The van der Waals surface area contributed by atoms with Crippen molar-refractivity contribution >= 4 is 27.4 Å². The zero-order chi connectivity index (χ0) is 9.26. The van der Waals surface area contributed by atoms with Crippen LogP contribution < -0.4 is 0 Å². The summed E-state index contributed by atoms with van der Waals surface area (Å²) in [5.41, 5.74) is 1.08. The molecular weight excluding hydrogens is 182 g/mol. The molecule has 0 N–H and O–H groups in total. The molecule has 0 fully saturated rings. The topological polar surface area (TPSA) is 30.0 Å². The fourth-order valence-corrected chi connectivity index (χ4v) is 2.07. The Labute approximate surface area is 80.4 Å². The van der Waals surface area contributed by atoms with E-state index in [9.17, 15) is 4.79 Å². The first-order valence-corrected chi connectivity index (χ1v) is 4.86. The fraction of sp³-hybridized carbons (Fsp3) is 0.200. The van der Waals surface area contributed by atoms with Gasteiger partial charge in [0.05, 0.1) is 4.70 Å². The van der Waals surface area contributed by atoms with Crippen LogP contribution in [0.4, 0.5) is 0 Å². The summed E-state index contributed by atoms with van der Waals surface area (Å²) in [5, 5.41) is 1.11. The van der Waals surface area contributed by atoms with Crippen molar-refractivity contribution in [3.63, 3.8) is 0 Å². The van der Waals surface area contributed by atoms with E-state index < -0.39 is 0 Å². The predicted molar refractivity (Wildman–Crippen MR) is 54.0 cm³/mol. The predicted octanol–water partition coefficient (Wildman–Crippen LogP) is 2.43. The zero-order valence-corrected chi connectivity index (χ0v) is 8.10. The molecule has 0 aliphatic heterocycles. The number of hydrogen-bond acceptors (Lipinski definition) is 3. The van der Waals surface area contributed by atoms with Crippen LogP contribution in [-0.4, -0.2) is 10.2 Å². The van der Waals surface area contributed by atoms with Gasteiger partial charge in [-0.3, -0.25) is 4.79 Å². The minimum absolute atomic E-state index is 0.193. The van der Waals surface area contributed by atoms with E-state index in [0.717, 1.165) is 15.6 Å². The molecule has 2 rings (SSSR count). The molecule has 0 radical (unpaired) electrons. The molecule has 66 valence electrons.